The lowest BCUT2D eigenvalue weighted by atomic mass is 9.89. The van der Waals surface area contributed by atoms with Gasteiger partial charge in [-0.3, -0.25) is 0 Å². The molecule has 1 saturated carbocycles. The van der Waals surface area contributed by atoms with Gasteiger partial charge in [0.1, 0.15) is 0 Å². The highest BCUT2D eigenvalue weighted by Crippen LogP contribution is 2.25. The first-order valence-corrected chi connectivity index (χ1v) is 9.30. The number of hydrogen-bond acceptors (Lipinski definition) is 4. The predicted octanol–water partition coefficient (Wildman–Crippen LogP) is 2.51. The first kappa shape index (κ1) is 16.5. The van der Waals surface area contributed by atoms with Crippen LogP contribution in [0.15, 0.2) is 29.2 Å². The van der Waals surface area contributed by atoms with Gasteiger partial charge in [0.15, 0.2) is 9.84 Å². The molecule has 1 aliphatic carbocycles. The molecule has 1 fully saturated rings. The maximum absolute atomic E-state index is 12.2. The third kappa shape index (κ3) is 4.80. The molecule has 2 N–H and O–H groups in total. The van der Waals surface area contributed by atoms with E-state index in [2.05, 4.69) is 6.92 Å². The van der Waals surface area contributed by atoms with Crippen LogP contribution in [0.2, 0.25) is 0 Å². The van der Waals surface area contributed by atoms with Gasteiger partial charge < -0.3 is 10.5 Å². The zero-order valence-corrected chi connectivity index (χ0v) is 13.4. The number of ether oxygens (including phenoxy) is 1. The van der Waals surface area contributed by atoms with Gasteiger partial charge >= 0.3 is 0 Å². The van der Waals surface area contributed by atoms with Crippen molar-refractivity contribution in [3.8, 4) is 0 Å². The van der Waals surface area contributed by atoms with Gasteiger partial charge in [-0.2, -0.15) is 0 Å². The van der Waals surface area contributed by atoms with Crippen molar-refractivity contribution < 1.29 is 13.2 Å². The number of sulfone groups is 1. The number of benzene rings is 1. The van der Waals surface area contributed by atoms with E-state index >= 15 is 0 Å². The van der Waals surface area contributed by atoms with Crippen molar-refractivity contribution in [2.45, 2.75) is 50.2 Å². The molecule has 2 unspecified atom stereocenters. The maximum atomic E-state index is 12.2. The Bertz CT molecular complexity index is 539. The van der Waals surface area contributed by atoms with Crippen LogP contribution in [0.3, 0.4) is 0 Å². The van der Waals surface area contributed by atoms with Crippen LogP contribution < -0.4 is 5.73 Å². The summed E-state index contributed by atoms with van der Waals surface area (Å²) in [6.07, 6.45) is 4.76. The van der Waals surface area contributed by atoms with Crippen molar-refractivity contribution >= 4 is 9.84 Å². The van der Waals surface area contributed by atoms with Gasteiger partial charge in [0.05, 0.1) is 23.4 Å². The van der Waals surface area contributed by atoms with Crippen LogP contribution in [0.1, 0.15) is 38.2 Å². The summed E-state index contributed by atoms with van der Waals surface area (Å²) in [5, 5.41) is 0. The first-order valence-electron chi connectivity index (χ1n) is 7.64. The molecule has 1 aromatic carbocycles. The predicted molar refractivity (Wildman–Crippen MR) is 83.8 cm³/mol. The van der Waals surface area contributed by atoms with Gasteiger partial charge in [-0.15, -0.1) is 0 Å². The number of rotatable bonds is 6. The fourth-order valence-corrected chi connectivity index (χ4v) is 3.91. The zero-order chi connectivity index (χ0) is 15.3. The Morgan fingerprint density at radius 3 is 2.57 bits per heavy atom. The molecule has 118 valence electrons. The van der Waals surface area contributed by atoms with E-state index in [0.717, 1.165) is 18.4 Å². The molecule has 0 bridgehead atoms. The van der Waals surface area contributed by atoms with E-state index in [9.17, 15) is 8.42 Å². The molecular formula is C16H25NO3S. The van der Waals surface area contributed by atoms with Crippen LogP contribution in [0.4, 0.5) is 0 Å². The molecule has 2 rings (SSSR count). The summed E-state index contributed by atoms with van der Waals surface area (Å²) in [4.78, 5) is 0.348. The summed E-state index contributed by atoms with van der Waals surface area (Å²) >= 11 is 0. The molecule has 0 heterocycles. The quantitative estimate of drug-likeness (QED) is 0.876. The van der Waals surface area contributed by atoms with Gasteiger partial charge in [-0.25, -0.2) is 8.42 Å². The fraction of sp³-hybridized carbons (Fsp3) is 0.625. The molecule has 1 aliphatic rings. The van der Waals surface area contributed by atoms with Crippen LogP contribution >= 0.6 is 0 Å². The monoisotopic (exact) mass is 311 g/mol. The molecule has 0 spiro atoms. The lowest BCUT2D eigenvalue weighted by Gasteiger charge is -2.26. The number of nitrogens with two attached hydrogens (primary N) is 1. The second-order valence-corrected chi connectivity index (χ2v) is 8.04. The second-order valence-electron chi connectivity index (χ2n) is 5.93. The van der Waals surface area contributed by atoms with Crippen LogP contribution in [-0.2, 0) is 21.1 Å². The van der Waals surface area contributed by atoms with Crippen LogP contribution in [0.5, 0.6) is 0 Å². The van der Waals surface area contributed by atoms with Gasteiger partial charge in [0.2, 0.25) is 0 Å². The van der Waals surface area contributed by atoms with E-state index in [0.29, 0.717) is 17.4 Å². The SMILES string of the molecule is CC1CCCC(OCCS(=O)(=O)c2ccc(CN)cc2)C1. The normalized spacial score (nSPS) is 23.1. The molecule has 0 saturated heterocycles. The Morgan fingerprint density at radius 1 is 1.24 bits per heavy atom. The molecule has 21 heavy (non-hydrogen) atoms. The van der Waals surface area contributed by atoms with E-state index in [1.165, 1.54) is 12.8 Å². The Hall–Kier alpha value is -0.910. The standard InChI is InChI=1S/C16H25NO3S/c1-13-3-2-4-15(11-13)20-9-10-21(18,19)16-7-5-14(12-17)6-8-16/h5-8,13,15H,2-4,9-12,17H2,1H3. The number of hydrogen-bond donors (Lipinski definition) is 1. The molecule has 1 aromatic rings. The van der Waals surface area contributed by atoms with E-state index in [4.69, 9.17) is 10.5 Å². The minimum absolute atomic E-state index is 0.0415. The van der Waals surface area contributed by atoms with Crippen LogP contribution in [0, 0.1) is 5.92 Å². The van der Waals surface area contributed by atoms with E-state index in [-0.39, 0.29) is 18.5 Å². The van der Waals surface area contributed by atoms with Crippen molar-refractivity contribution in [2.75, 3.05) is 12.4 Å². The first-order chi connectivity index (χ1) is 10.0. The average Bonchev–Trinajstić information content (AvgIpc) is 2.47. The fourth-order valence-electron chi connectivity index (χ4n) is 2.81. The summed E-state index contributed by atoms with van der Waals surface area (Å²) < 4.78 is 30.2. The molecule has 5 heteroatoms. The highest BCUT2D eigenvalue weighted by atomic mass is 32.2. The minimum Gasteiger partial charge on any atom is -0.377 e. The summed E-state index contributed by atoms with van der Waals surface area (Å²) in [7, 11) is -3.27. The van der Waals surface area contributed by atoms with Gasteiger partial charge in [0.25, 0.3) is 0 Å². The van der Waals surface area contributed by atoms with Crippen molar-refractivity contribution in [3.05, 3.63) is 29.8 Å². The molecule has 4 nitrogen and oxygen atoms in total. The van der Waals surface area contributed by atoms with E-state index in [1.807, 2.05) is 0 Å². The van der Waals surface area contributed by atoms with Gasteiger partial charge in [-0.05, 0) is 36.5 Å². The van der Waals surface area contributed by atoms with Crippen molar-refractivity contribution in [1.82, 2.24) is 0 Å². The van der Waals surface area contributed by atoms with E-state index in [1.54, 1.807) is 24.3 Å². The Morgan fingerprint density at radius 2 is 1.95 bits per heavy atom. The highest BCUT2D eigenvalue weighted by molar-refractivity contribution is 7.91. The second kappa shape index (κ2) is 7.38. The molecule has 0 amide bonds. The Kier molecular flexibility index (Phi) is 5.79. The van der Waals surface area contributed by atoms with Crippen molar-refractivity contribution in [1.29, 1.82) is 0 Å². The maximum Gasteiger partial charge on any atom is 0.180 e. The molecular weight excluding hydrogens is 286 g/mol. The molecule has 0 aromatic heterocycles. The molecule has 2 atom stereocenters. The average molecular weight is 311 g/mol. The third-order valence-corrected chi connectivity index (χ3v) is 5.81. The van der Waals surface area contributed by atoms with E-state index < -0.39 is 9.84 Å². The van der Waals surface area contributed by atoms with Crippen LogP contribution in [-0.4, -0.2) is 26.9 Å². The minimum atomic E-state index is -3.27. The van der Waals surface area contributed by atoms with Gasteiger partial charge in [-0.1, -0.05) is 31.9 Å². The Balaban J connectivity index is 1.85. The topological polar surface area (TPSA) is 69.4 Å². The largest absolute Gasteiger partial charge is 0.377 e. The summed E-state index contributed by atoms with van der Waals surface area (Å²) in [5.74, 6) is 0.726. The van der Waals surface area contributed by atoms with Crippen LogP contribution in [0.25, 0.3) is 0 Å². The summed E-state index contributed by atoms with van der Waals surface area (Å²) in [5.41, 5.74) is 6.45. The zero-order valence-electron chi connectivity index (χ0n) is 12.6. The smallest absolute Gasteiger partial charge is 0.180 e. The molecule has 0 aliphatic heterocycles. The van der Waals surface area contributed by atoms with Crippen molar-refractivity contribution in [2.24, 2.45) is 11.7 Å². The lowest BCUT2D eigenvalue weighted by molar-refractivity contribution is 0.0242. The Labute approximate surface area is 127 Å². The molecule has 0 radical (unpaired) electrons. The summed E-state index contributed by atoms with van der Waals surface area (Å²) in [6.45, 7) is 2.92. The van der Waals surface area contributed by atoms with Crippen molar-refractivity contribution in [3.63, 3.8) is 0 Å². The van der Waals surface area contributed by atoms with Gasteiger partial charge in [0, 0.05) is 6.54 Å². The third-order valence-electron chi connectivity index (χ3n) is 4.11. The lowest BCUT2D eigenvalue weighted by Crippen LogP contribution is -2.24. The summed E-state index contributed by atoms with van der Waals surface area (Å²) in [6, 6.07) is 6.77. The highest BCUT2D eigenvalue weighted by Gasteiger charge is 2.20.